The summed E-state index contributed by atoms with van der Waals surface area (Å²) in [6.07, 6.45) is 5.85. The average Bonchev–Trinajstić information content (AvgIpc) is 3.25. The van der Waals surface area contributed by atoms with Crippen molar-refractivity contribution < 1.29 is 14.0 Å². The third-order valence-corrected chi connectivity index (χ3v) is 6.06. The van der Waals surface area contributed by atoms with E-state index >= 15 is 0 Å². The first kappa shape index (κ1) is 21.1. The van der Waals surface area contributed by atoms with Crippen molar-refractivity contribution in [2.75, 3.05) is 26.7 Å². The van der Waals surface area contributed by atoms with Gasteiger partial charge in [-0.05, 0) is 49.4 Å². The van der Waals surface area contributed by atoms with Crippen LogP contribution in [-0.2, 0) is 11.2 Å². The van der Waals surface area contributed by atoms with Gasteiger partial charge in [-0.25, -0.2) is 0 Å². The number of likely N-dealkylation sites (tertiary alicyclic amines) is 1. The van der Waals surface area contributed by atoms with Gasteiger partial charge in [0.15, 0.2) is 5.76 Å². The van der Waals surface area contributed by atoms with Crippen LogP contribution in [0.25, 0.3) is 11.0 Å². The summed E-state index contributed by atoms with van der Waals surface area (Å²) in [6.45, 7) is 2.09. The first-order valence-electron chi connectivity index (χ1n) is 11.0. The largest absolute Gasteiger partial charge is 0.451 e. The second kappa shape index (κ2) is 9.77. The van der Waals surface area contributed by atoms with Gasteiger partial charge in [-0.2, -0.15) is 0 Å². The maximum absolute atomic E-state index is 12.9. The number of hydrogen-bond acceptors (Lipinski definition) is 4. The third kappa shape index (κ3) is 5.32. The van der Waals surface area contributed by atoms with Crippen molar-refractivity contribution in [2.45, 2.75) is 32.1 Å². The van der Waals surface area contributed by atoms with Crippen molar-refractivity contribution >= 4 is 22.8 Å². The highest BCUT2D eigenvalue weighted by molar-refractivity contribution is 5.96. The molecule has 1 atom stereocenters. The van der Waals surface area contributed by atoms with Crippen LogP contribution in [0.4, 0.5) is 0 Å². The lowest BCUT2D eigenvalue weighted by Gasteiger charge is -2.32. The Bertz CT molecular complexity index is 998. The Hall–Kier alpha value is -3.15. The summed E-state index contributed by atoms with van der Waals surface area (Å²) in [5.41, 5.74) is 1.73. The van der Waals surface area contributed by atoms with Crippen LogP contribution in [0.2, 0.25) is 0 Å². The fraction of sp³-hybridized carbons (Fsp3) is 0.400. The van der Waals surface area contributed by atoms with Gasteiger partial charge >= 0.3 is 0 Å². The second-order valence-electron chi connectivity index (χ2n) is 8.33. The van der Waals surface area contributed by atoms with Crippen molar-refractivity contribution in [1.29, 1.82) is 0 Å². The van der Waals surface area contributed by atoms with Gasteiger partial charge < -0.3 is 14.2 Å². The quantitative estimate of drug-likeness (QED) is 0.577. The number of benzene rings is 1. The molecule has 6 nitrogen and oxygen atoms in total. The monoisotopic (exact) mass is 419 g/mol. The molecular formula is C25H29N3O3. The molecule has 1 fully saturated rings. The van der Waals surface area contributed by atoms with Gasteiger partial charge in [0.05, 0.1) is 0 Å². The molecular weight excluding hydrogens is 390 g/mol. The number of carbonyl (C=O) groups excluding carboxylic acids is 2. The zero-order chi connectivity index (χ0) is 21.6. The fourth-order valence-electron chi connectivity index (χ4n) is 4.20. The summed E-state index contributed by atoms with van der Waals surface area (Å²) >= 11 is 0. The van der Waals surface area contributed by atoms with E-state index in [2.05, 4.69) is 4.98 Å². The number of fused-ring (bicyclic) bond motifs is 1. The SMILES string of the molecule is CN(CCc1ccccn1)C(=O)CCC1CCCN(C(=O)c2cc3ccccc3o2)C1. The number of likely N-dealkylation sites (N-methyl/N-ethyl adjacent to an activating group) is 1. The fourth-order valence-corrected chi connectivity index (χ4v) is 4.20. The van der Waals surface area contributed by atoms with E-state index < -0.39 is 0 Å². The molecule has 3 aromatic rings. The predicted octanol–water partition coefficient (Wildman–Crippen LogP) is 4.16. The molecule has 3 heterocycles. The minimum atomic E-state index is -0.0558. The maximum atomic E-state index is 12.9. The Morgan fingerprint density at radius 2 is 2.03 bits per heavy atom. The van der Waals surface area contributed by atoms with Gasteiger partial charge in [0.25, 0.3) is 5.91 Å². The molecule has 1 aliphatic rings. The number of aromatic nitrogens is 1. The Morgan fingerprint density at radius 3 is 2.84 bits per heavy atom. The Kier molecular flexibility index (Phi) is 6.65. The van der Waals surface area contributed by atoms with Gasteiger partial charge in [0.2, 0.25) is 5.91 Å². The molecule has 0 radical (unpaired) electrons. The van der Waals surface area contributed by atoms with Gasteiger partial charge in [0.1, 0.15) is 5.58 Å². The van der Waals surface area contributed by atoms with Crippen LogP contribution < -0.4 is 0 Å². The number of para-hydroxylation sites is 1. The highest BCUT2D eigenvalue weighted by atomic mass is 16.3. The molecule has 2 aromatic heterocycles. The van der Waals surface area contributed by atoms with E-state index in [0.29, 0.717) is 31.2 Å². The van der Waals surface area contributed by atoms with Crippen LogP contribution in [0.1, 0.15) is 41.9 Å². The number of furan rings is 1. The predicted molar refractivity (Wildman–Crippen MR) is 120 cm³/mol. The molecule has 0 spiro atoms. The molecule has 0 saturated carbocycles. The lowest BCUT2D eigenvalue weighted by molar-refractivity contribution is -0.130. The van der Waals surface area contributed by atoms with Crippen molar-refractivity contribution in [1.82, 2.24) is 14.8 Å². The minimum Gasteiger partial charge on any atom is -0.451 e. The zero-order valence-corrected chi connectivity index (χ0v) is 18.0. The van der Waals surface area contributed by atoms with Crippen molar-refractivity contribution in [3.63, 3.8) is 0 Å². The highest BCUT2D eigenvalue weighted by Crippen LogP contribution is 2.25. The van der Waals surface area contributed by atoms with E-state index in [9.17, 15) is 9.59 Å². The molecule has 2 amide bonds. The standard InChI is InChI=1S/C25H29N3O3/c1-27(16-13-21-9-4-5-14-26-21)24(29)12-11-19-7-6-15-28(18-19)25(30)23-17-20-8-2-3-10-22(20)31-23/h2-5,8-10,14,17,19H,6-7,11-13,15-16,18H2,1H3. The number of pyridine rings is 1. The summed E-state index contributed by atoms with van der Waals surface area (Å²) < 4.78 is 5.75. The summed E-state index contributed by atoms with van der Waals surface area (Å²) in [4.78, 5) is 33.5. The van der Waals surface area contributed by atoms with E-state index in [-0.39, 0.29) is 11.8 Å². The van der Waals surface area contributed by atoms with E-state index in [1.165, 1.54) is 0 Å². The Balaban J connectivity index is 1.26. The number of piperidine rings is 1. The molecule has 1 aliphatic heterocycles. The smallest absolute Gasteiger partial charge is 0.289 e. The summed E-state index contributed by atoms with van der Waals surface area (Å²) in [7, 11) is 1.85. The van der Waals surface area contributed by atoms with Crippen LogP contribution in [-0.4, -0.2) is 53.3 Å². The summed E-state index contributed by atoms with van der Waals surface area (Å²) in [5.74, 6) is 0.832. The van der Waals surface area contributed by atoms with Crippen LogP contribution >= 0.6 is 0 Å². The van der Waals surface area contributed by atoms with E-state index in [0.717, 1.165) is 48.9 Å². The molecule has 1 aromatic carbocycles. The van der Waals surface area contributed by atoms with Gasteiger partial charge in [-0.3, -0.25) is 14.6 Å². The molecule has 6 heteroatoms. The number of nitrogens with zero attached hydrogens (tertiary/aromatic N) is 3. The lowest BCUT2D eigenvalue weighted by Crippen LogP contribution is -2.40. The molecule has 1 unspecified atom stereocenters. The second-order valence-corrected chi connectivity index (χ2v) is 8.33. The molecule has 0 N–H and O–H groups in total. The van der Waals surface area contributed by atoms with E-state index in [4.69, 9.17) is 4.42 Å². The number of carbonyl (C=O) groups is 2. The number of amides is 2. The number of hydrogen-bond donors (Lipinski definition) is 0. The molecule has 1 saturated heterocycles. The molecule has 0 bridgehead atoms. The molecule has 31 heavy (non-hydrogen) atoms. The first-order valence-corrected chi connectivity index (χ1v) is 11.0. The number of rotatable bonds is 7. The third-order valence-electron chi connectivity index (χ3n) is 6.06. The van der Waals surface area contributed by atoms with E-state index in [1.54, 1.807) is 11.1 Å². The zero-order valence-electron chi connectivity index (χ0n) is 18.0. The van der Waals surface area contributed by atoms with Gasteiger partial charge in [-0.15, -0.1) is 0 Å². The van der Waals surface area contributed by atoms with Crippen LogP contribution in [0, 0.1) is 5.92 Å². The minimum absolute atomic E-state index is 0.0558. The summed E-state index contributed by atoms with van der Waals surface area (Å²) in [6, 6.07) is 15.3. The van der Waals surface area contributed by atoms with Gasteiger partial charge in [0, 0.05) is 56.8 Å². The molecule has 4 rings (SSSR count). The molecule has 162 valence electrons. The first-order chi connectivity index (χ1) is 15.1. The molecule has 0 aliphatic carbocycles. The topological polar surface area (TPSA) is 66.7 Å². The van der Waals surface area contributed by atoms with E-state index in [1.807, 2.05) is 60.5 Å². The normalized spacial score (nSPS) is 16.4. The summed E-state index contributed by atoms with van der Waals surface area (Å²) in [5, 5.41) is 0.943. The Labute approximate surface area is 182 Å². The van der Waals surface area contributed by atoms with Crippen LogP contribution in [0.5, 0.6) is 0 Å². The highest BCUT2D eigenvalue weighted by Gasteiger charge is 2.27. The van der Waals surface area contributed by atoms with Crippen molar-refractivity contribution in [2.24, 2.45) is 5.92 Å². The maximum Gasteiger partial charge on any atom is 0.289 e. The lowest BCUT2D eigenvalue weighted by atomic mass is 9.93. The van der Waals surface area contributed by atoms with Crippen LogP contribution in [0.3, 0.4) is 0 Å². The van der Waals surface area contributed by atoms with Crippen molar-refractivity contribution in [3.05, 3.63) is 66.2 Å². The Morgan fingerprint density at radius 1 is 1.19 bits per heavy atom. The van der Waals surface area contributed by atoms with Crippen molar-refractivity contribution in [3.8, 4) is 0 Å². The van der Waals surface area contributed by atoms with Gasteiger partial charge in [-0.1, -0.05) is 24.3 Å². The average molecular weight is 420 g/mol. The van der Waals surface area contributed by atoms with Crippen LogP contribution in [0.15, 0.2) is 59.1 Å².